The van der Waals surface area contributed by atoms with Gasteiger partial charge in [-0.05, 0) is 44.0 Å². The Hall–Kier alpha value is -3.82. The number of nitrogens with zero attached hydrogens (tertiary/aromatic N) is 2. The van der Waals surface area contributed by atoms with E-state index in [-0.39, 0.29) is 24.0 Å². The summed E-state index contributed by atoms with van der Waals surface area (Å²) in [6.07, 6.45) is 4.54. The number of nitrogens with two attached hydrogens (primary N) is 1. The van der Waals surface area contributed by atoms with E-state index in [0.29, 0.717) is 25.4 Å². The fraction of sp³-hybridized carbons (Fsp3) is 0.391. The molecule has 0 bridgehead atoms. The van der Waals surface area contributed by atoms with Crippen LogP contribution in [0.4, 0.5) is 17.2 Å². The Kier molecular flexibility index (Phi) is 9.46. The Bertz CT molecular complexity index is 1100. The fourth-order valence-corrected chi connectivity index (χ4v) is 3.18. The van der Waals surface area contributed by atoms with Crippen molar-refractivity contribution in [2.45, 2.75) is 40.2 Å². The van der Waals surface area contributed by atoms with Crippen LogP contribution in [-0.4, -0.2) is 41.1 Å². The number of rotatable bonds is 11. The smallest absolute Gasteiger partial charge is 0.330 e. The van der Waals surface area contributed by atoms with Crippen molar-refractivity contribution in [1.29, 1.82) is 0 Å². The number of aromatic amines is 1. The van der Waals surface area contributed by atoms with Crippen LogP contribution in [0.1, 0.15) is 39.2 Å². The number of unbranched alkanes of at least 4 members (excludes halogenated alkanes) is 1. The largest absolute Gasteiger partial charge is 0.463 e. The first-order chi connectivity index (χ1) is 15.8. The number of nitrogens with one attached hydrogen (secondary N) is 2. The van der Waals surface area contributed by atoms with Crippen LogP contribution < -0.4 is 27.2 Å². The lowest BCUT2D eigenvalue weighted by molar-refractivity contribution is -0.137. The van der Waals surface area contributed by atoms with Crippen molar-refractivity contribution < 1.29 is 14.3 Å². The number of anilines is 3. The number of nitrogen functional groups attached to an aromatic ring is 1. The first-order valence-electron chi connectivity index (χ1n) is 10.9. The highest BCUT2D eigenvalue weighted by molar-refractivity contribution is 5.94. The lowest BCUT2D eigenvalue weighted by Gasteiger charge is -2.24. The SMILES string of the molecule is CCCCn1c(N)c(N(CC)CC(=O)Nc2ccc(/C=C/C(=O)OCC)cc2)c(=O)[nH]c1=O. The van der Waals surface area contributed by atoms with Crippen molar-refractivity contribution in [3.05, 3.63) is 56.7 Å². The number of benzene rings is 1. The van der Waals surface area contributed by atoms with E-state index < -0.39 is 17.2 Å². The van der Waals surface area contributed by atoms with Crippen LogP contribution in [0.2, 0.25) is 0 Å². The van der Waals surface area contributed by atoms with Gasteiger partial charge >= 0.3 is 11.7 Å². The third-order valence-corrected chi connectivity index (χ3v) is 4.87. The summed E-state index contributed by atoms with van der Waals surface area (Å²) < 4.78 is 6.16. The predicted octanol–water partition coefficient (Wildman–Crippen LogP) is 1.96. The normalized spacial score (nSPS) is 10.9. The van der Waals surface area contributed by atoms with Gasteiger partial charge in [-0.1, -0.05) is 25.5 Å². The minimum absolute atomic E-state index is 0.0459. The molecular weight excluding hydrogens is 426 g/mol. The highest BCUT2D eigenvalue weighted by atomic mass is 16.5. The maximum absolute atomic E-state index is 12.6. The average molecular weight is 458 g/mol. The Morgan fingerprint density at radius 2 is 1.88 bits per heavy atom. The molecule has 0 atom stereocenters. The van der Waals surface area contributed by atoms with E-state index in [9.17, 15) is 19.2 Å². The number of aromatic nitrogens is 2. The molecule has 0 unspecified atom stereocenters. The first kappa shape index (κ1) is 25.4. The number of H-pyrrole nitrogens is 1. The average Bonchev–Trinajstić information content (AvgIpc) is 2.77. The van der Waals surface area contributed by atoms with E-state index in [1.54, 1.807) is 44.2 Å². The van der Waals surface area contributed by atoms with Crippen molar-refractivity contribution >= 4 is 35.1 Å². The van der Waals surface area contributed by atoms with E-state index in [0.717, 1.165) is 18.4 Å². The van der Waals surface area contributed by atoms with Crippen LogP contribution in [-0.2, 0) is 20.9 Å². The molecule has 10 nitrogen and oxygen atoms in total. The number of carbonyl (C=O) groups is 2. The van der Waals surface area contributed by atoms with Gasteiger partial charge in [0.15, 0.2) is 0 Å². The number of esters is 1. The van der Waals surface area contributed by atoms with E-state index >= 15 is 0 Å². The molecule has 2 aromatic rings. The quantitative estimate of drug-likeness (QED) is 0.346. The monoisotopic (exact) mass is 457 g/mol. The number of hydrogen-bond acceptors (Lipinski definition) is 7. The second-order valence-corrected chi connectivity index (χ2v) is 7.27. The molecule has 0 aliphatic carbocycles. The zero-order valence-electron chi connectivity index (χ0n) is 19.2. The zero-order chi connectivity index (χ0) is 24.4. The van der Waals surface area contributed by atoms with Crippen LogP contribution in [0.15, 0.2) is 39.9 Å². The molecule has 1 aromatic heterocycles. The van der Waals surface area contributed by atoms with Crippen molar-refractivity contribution in [3.63, 3.8) is 0 Å². The molecule has 178 valence electrons. The molecule has 33 heavy (non-hydrogen) atoms. The minimum Gasteiger partial charge on any atom is -0.463 e. The molecule has 1 heterocycles. The molecule has 1 amide bonds. The van der Waals surface area contributed by atoms with Crippen molar-refractivity contribution in [2.24, 2.45) is 0 Å². The molecular formula is C23H31N5O5. The molecule has 0 aliphatic rings. The lowest BCUT2D eigenvalue weighted by Crippen LogP contribution is -2.41. The van der Waals surface area contributed by atoms with Gasteiger partial charge < -0.3 is 20.7 Å². The van der Waals surface area contributed by atoms with Gasteiger partial charge in [0.05, 0.1) is 13.2 Å². The van der Waals surface area contributed by atoms with Crippen molar-refractivity contribution in [3.8, 4) is 0 Å². The summed E-state index contributed by atoms with van der Waals surface area (Å²) in [5, 5.41) is 2.77. The third-order valence-electron chi connectivity index (χ3n) is 4.87. The van der Waals surface area contributed by atoms with Gasteiger partial charge in [-0.2, -0.15) is 0 Å². The van der Waals surface area contributed by atoms with Crippen LogP contribution in [0.3, 0.4) is 0 Å². The van der Waals surface area contributed by atoms with Crippen LogP contribution in [0, 0.1) is 0 Å². The molecule has 1 aromatic carbocycles. The Labute approximate surface area is 192 Å². The molecule has 0 radical (unpaired) electrons. The van der Waals surface area contributed by atoms with Gasteiger partial charge in [0.1, 0.15) is 11.5 Å². The third kappa shape index (κ3) is 7.09. The summed E-state index contributed by atoms with van der Waals surface area (Å²) in [5.74, 6) is -0.730. The summed E-state index contributed by atoms with van der Waals surface area (Å²) in [6, 6.07) is 6.89. The fourth-order valence-electron chi connectivity index (χ4n) is 3.18. The zero-order valence-corrected chi connectivity index (χ0v) is 19.2. The number of ether oxygens (including phenoxy) is 1. The topological polar surface area (TPSA) is 140 Å². The number of amides is 1. The Morgan fingerprint density at radius 3 is 2.48 bits per heavy atom. The minimum atomic E-state index is -0.627. The van der Waals surface area contributed by atoms with E-state index in [4.69, 9.17) is 10.5 Å². The number of hydrogen-bond donors (Lipinski definition) is 3. The molecule has 0 saturated heterocycles. The van der Waals surface area contributed by atoms with Gasteiger partial charge in [-0.3, -0.25) is 19.1 Å². The van der Waals surface area contributed by atoms with Crippen LogP contribution in [0.25, 0.3) is 6.08 Å². The molecule has 0 spiro atoms. The molecule has 10 heteroatoms. The van der Waals surface area contributed by atoms with E-state index in [2.05, 4.69) is 10.3 Å². The maximum Gasteiger partial charge on any atom is 0.330 e. The van der Waals surface area contributed by atoms with Crippen LogP contribution in [0.5, 0.6) is 0 Å². The summed E-state index contributed by atoms with van der Waals surface area (Å²) in [4.78, 5) is 52.4. The van der Waals surface area contributed by atoms with Crippen molar-refractivity contribution in [2.75, 3.05) is 35.6 Å². The van der Waals surface area contributed by atoms with Crippen molar-refractivity contribution in [1.82, 2.24) is 9.55 Å². The highest BCUT2D eigenvalue weighted by Crippen LogP contribution is 2.17. The van der Waals surface area contributed by atoms with Gasteiger partial charge in [-0.25, -0.2) is 9.59 Å². The van der Waals surface area contributed by atoms with Gasteiger partial charge in [0.2, 0.25) is 5.91 Å². The maximum atomic E-state index is 12.6. The molecule has 2 rings (SSSR count). The number of carbonyl (C=O) groups excluding carboxylic acids is 2. The molecule has 4 N–H and O–H groups in total. The van der Waals surface area contributed by atoms with E-state index in [1.165, 1.54) is 15.5 Å². The van der Waals surface area contributed by atoms with Crippen LogP contribution >= 0.6 is 0 Å². The van der Waals surface area contributed by atoms with E-state index in [1.807, 2.05) is 6.92 Å². The van der Waals surface area contributed by atoms with Gasteiger partial charge in [0, 0.05) is 24.9 Å². The Balaban J connectivity index is 2.12. The molecule has 0 saturated carbocycles. The first-order valence-corrected chi connectivity index (χ1v) is 10.9. The summed E-state index contributed by atoms with van der Waals surface area (Å²) >= 11 is 0. The molecule has 0 aliphatic heterocycles. The lowest BCUT2D eigenvalue weighted by atomic mass is 10.2. The van der Waals surface area contributed by atoms with Gasteiger partial charge in [-0.15, -0.1) is 0 Å². The molecule has 0 fully saturated rings. The predicted molar refractivity (Wildman–Crippen MR) is 129 cm³/mol. The standard InChI is InChI=1S/C23H31N5O5/c1-4-7-14-28-21(24)20(22(31)26-23(28)32)27(5-2)15-18(29)25-17-11-8-16(9-12-17)10-13-19(30)33-6-3/h8-13H,4-7,14-15,24H2,1-3H3,(H,25,29)(H,26,31,32)/b13-10+. The van der Waals surface area contributed by atoms with Gasteiger partial charge in [0.25, 0.3) is 5.56 Å². The second kappa shape index (κ2) is 12.3. The second-order valence-electron chi connectivity index (χ2n) is 7.27. The summed E-state index contributed by atoms with van der Waals surface area (Å²) in [5.41, 5.74) is 6.38. The summed E-state index contributed by atoms with van der Waals surface area (Å²) in [7, 11) is 0. The highest BCUT2D eigenvalue weighted by Gasteiger charge is 2.20. The number of likely N-dealkylation sites (N-methyl/N-ethyl adjacent to an activating group) is 1. The summed E-state index contributed by atoms with van der Waals surface area (Å²) in [6.45, 7) is 6.41. The Morgan fingerprint density at radius 1 is 1.18 bits per heavy atom.